The van der Waals surface area contributed by atoms with Crippen LogP contribution in [0, 0.1) is 0 Å². The van der Waals surface area contributed by atoms with Crippen molar-refractivity contribution in [2.45, 2.75) is 11.3 Å². The second-order valence-corrected chi connectivity index (χ2v) is 7.33. The van der Waals surface area contributed by atoms with Crippen LogP contribution in [-0.4, -0.2) is 15.5 Å². The Bertz CT molecular complexity index is 936. The Morgan fingerprint density at radius 3 is 2.20 bits per heavy atom. The van der Waals surface area contributed by atoms with Gasteiger partial charge in [0.05, 0.1) is 12.0 Å². The molecule has 0 saturated carbocycles. The van der Waals surface area contributed by atoms with Gasteiger partial charge in [0.25, 0.3) is 10.0 Å². The van der Waals surface area contributed by atoms with Gasteiger partial charge in [-0.15, -0.1) is 0 Å². The van der Waals surface area contributed by atoms with Gasteiger partial charge in [0.2, 0.25) is 0 Å². The van der Waals surface area contributed by atoms with E-state index < -0.39 is 10.0 Å². The van der Waals surface area contributed by atoms with Crippen LogP contribution in [0.2, 0.25) is 0 Å². The SMILES string of the molecule is COc1ccc(S(=O)(=O)Nc2cccc(Cc3ccccc3)c2)cc1. The summed E-state index contributed by atoms with van der Waals surface area (Å²) in [5.74, 6) is 0.615. The molecular weight excluding hydrogens is 334 g/mol. The highest BCUT2D eigenvalue weighted by Gasteiger charge is 2.14. The smallest absolute Gasteiger partial charge is 0.261 e. The minimum Gasteiger partial charge on any atom is -0.497 e. The first-order chi connectivity index (χ1) is 12.1. The van der Waals surface area contributed by atoms with Crippen molar-refractivity contribution in [2.75, 3.05) is 11.8 Å². The standard InChI is InChI=1S/C20H19NO3S/c1-24-19-10-12-20(13-11-19)25(22,23)21-18-9-5-8-17(15-18)14-16-6-3-2-4-7-16/h2-13,15,21H,14H2,1H3. The van der Waals surface area contributed by atoms with E-state index in [1.807, 2.05) is 48.5 Å². The molecule has 0 heterocycles. The summed E-state index contributed by atoms with van der Waals surface area (Å²) in [5.41, 5.74) is 2.77. The van der Waals surface area contributed by atoms with Gasteiger partial charge >= 0.3 is 0 Å². The molecule has 25 heavy (non-hydrogen) atoms. The predicted octanol–water partition coefficient (Wildman–Crippen LogP) is 4.09. The predicted molar refractivity (Wildman–Crippen MR) is 99.5 cm³/mol. The van der Waals surface area contributed by atoms with Crippen LogP contribution < -0.4 is 9.46 Å². The average Bonchev–Trinajstić information content (AvgIpc) is 2.62. The van der Waals surface area contributed by atoms with Crippen LogP contribution in [0.25, 0.3) is 0 Å². The minimum atomic E-state index is -3.63. The van der Waals surface area contributed by atoms with E-state index in [9.17, 15) is 8.42 Å². The van der Waals surface area contributed by atoms with Crippen LogP contribution in [0.5, 0.6) is 5.75 Å². The summed E-state index contributed by atoms with van der Waals surface area (Å²) in [6.45, 7) is 0. The molecule has 0 radical (unpaired) electrons. The van der Waals surface area contributed by atoms with Gasteiger partial charge in [-0.05, 0) is 53.9 Å². The lowest BCUT2D eigenvalue weighted by atomic mass is 10.0. The molecule has 0 amide bonds. The van der Waals surface area contributed by atoms with Crippen molar-refractivity contribution in [3.63, 3.8) is 0 Å². The van der Waals surface area contributed by atoms with Gasteiger partial charge in [0.15, 0.2) is 0 Å². The molecule has 0 aliphatic heterocycles. The van der Waals surface area contributed by atoms with Crippen molar-refractivity contribution in [2.24, 2.45) is 0 Å². The first kappa shape index (κ1) is 17.0. The number of hydrogen-bond acceptors (Lipinski definition) is 3. The molecule has 0 spiro atoms. The Kier molecular flexibility index (Phi) is 5.05. The van der Waals surface area contributed by atoms with E-state index in [1.165, 1.54) is 17.7 Å². The molecule has 0 aliphatic carbocycles. The quantitative estimate of drug-likeness (QED) is 0.726. The Morgan fingerprint density at radius 1 is 0.840 bits per heavy atom. The molecule has 1 N–H and O–H groups in total. The van der Waals surface area contributed by atoms with E-state index in [1.54, 1.807) is 25.3 Å². The maximum Gasteiger partial charge on any atom is 0.261 e. The van der Waals surface area contributed by atoms with Crippen LogP contribution in [0.4, 0.5) is 5.69 Å². The summed E-state index contributed by atoms with van der Waals surface area (Å²) >= 11 is 0. The minimum absolute atomic E-state index is 0.196. The summed E-state index contributed by atoms with van der Waals surface area (Å²) in [7, 11) is -2.09. The fourth-order valence-corrected chi connectivity index (χ4v) is 3.59. The highest BCUT2D eigenvalue weighted by atomic mass is 32.2. The van der Waals surface area contributed by atoms with Crippen LogP contribution in [0.15, 0.2) is 83.8 Å². The molecule has 3 rings (SSSR count). The lowest BCUT2D eigenvalue weighted by Gasteiger charge is -2.10. The van der Waals surface area contributed by atoms with Gasteiger partial charge in [-0.25, -0.2) is 8.42 Å². The van der Waals surface area contributed by atoms with Crippen LogP contribution in [0.3, 0.4) is 0 Å². The van der Waals surface area contributed by atoms with Gasteiger partial charge in [-0.2, -0.15) is 0 Å². The zero-order valence-electron chi connectivity index (χ0n) is 13.8. The number of hydrogen-bond donors (Lipinski definition) is 1. The molecule has 0 unspecified atom stereocenters. The Labute approximate surface area is 148 Å². The summed E-state index contributed by atoms with van der Waals surface area (Å²) in [6, 6.07) is 23.8. The summed E-state index contributed by atoms with van der Waals surface area (Å²) in [6.07, 6.45) is 0.749. The Hall–Kier alpha value is -2.79. The van der Waals surface area contributed by atoms with E-state index in [0.29, 0.717) is 11.4 Å². The van der Waals surface area contributed by atoms with Crippen molar-refractivity contribution in [3.8, 4) is 5.75 Å². The molecule has 0 aliphatic rings. The maximum atomic E-state index is 12.5. The normalized spacial score (nSPS) is 11.1. The van der Waals surface area contributed by atoms with Crippen molar-refractivity contribution in [3.05, 3.63) is 90.0 Å². The van der Waals surface area contributed by atoms with Gasteiger partial charge in [0, 0.05) is 5.69 Å². The highest BCUT2D eigenvalue weighted by Crippen LogP contribution is 2.20. The van der Waals surface area contributed by atoms with Crippen molar-refractivity contribution >= 4 is 15.7 Å². The van der Waals surface area contributed by atoms with Crippen molar-refractivity contribution in [1.29, 1.82) is 0 Å². The molecule has 0 saturated heterocycles. The average molecular weight is 353 g/mol. The zero-order chi connectivity index (χ0) is 17.7. The van der Waals surface area contributed by atoms with Gasteiger partial charge in [-0.1, -0.05) is 42.5 Å². The molecule has 0 fully saturated rings. The molecule has 4 nitrogen and oxygen atoms in total. The topological polar surface area (TPSA) is 55.4 Å². The lowest BCUT2D eigenvalue weighted by molar-refractivity contribution is 0.414. The van der Waals surface area contributed by atoms with Crippen molar-refractivity contribution in [1.82, 2.24) is 0 Å². The fourth-order valence-electron chi connectivity index (χ4n) is 2.55. The van der Waals surface area contributed by atoms with E-state index in [0.717, 1.165) is 12.0 Å². The molecule has 5 heteroatoms. The van der Waals surface area contributed by atoms with E-state index in [-0.39, 0.29) is 4.90 Å². The Morgan fingerprint density at radius 2 is 1.52 bits per heavy atom. The zero-order valence-corrected chi connectivity index (χ0v) is 14.7. The molecule has 0 bridgehead atoms. The lowest BCUT2D eigenvalue weighted by Crippen LogP contribution is -2.13. The molecule has 3 aromatic carbocycles. The third-order valence-corrected chi connectivity index (χ3v) is 5.20. The molecule has 3 aromatic rings. The van der Waals surface area contributed by atoms with Gasteiger partial charge in [-0.3, -0.25) is 4.72 Å². The number of rotatable bonds is 6. The molecular formula is C20H19NO3S. The van der Waals surface area contributed by atoms with E-state index in [4.69, 9.17) is 4.74 Å². The van der Waals surface area contributed by atoms with E-state index in [2.05, 4.69) is 4.72 Å². The highest BCUT2D eigenvalue weighted by molar-refractivity contribution is 7.92. The number of nitrogens with one attached hydrogen (secondary N) is 1. The number of ether oxygens (including phenoxy) is 1. The summed E-state index contributed by atoms with van der Waals surface area (Å²) in [4.78, 5) is 0.196. The largest absolute Gasteiger partial charge is 0.497 e. The summed E-state index contributed by atoms with van der Waals surface area (Å²) in [5, 5.41) is 0. The van der Waals surface area contributed by atoms with Crippen LogP contribution in [-0.2, 0) is 16.4 Å². The van der Waals surface area contributed by atoms with Crippen LogP contribution >= 0.6 is 0 Å². The molecule has 0 aromatic heterocycles. The number of sulfonamides is 1. The monoisotopic (exact) mass is 353 g/mol. The Balaban J connectivity index is 1.78. The maximum absolute atomic E-state index is 12.5. The van der Waals surface area contributed by atoms with Crippen molar-refractivity contribution < 1.29 is 13.2 Å². The second-order valence-electron chi connectivity index (χ2n) is 5.64. The van der Waals surface area contributed by atoms with Crippen LogP contribution in [0.1, 0.15) is 11.1 Å². The third-order valence-electron chi connectivity index (χ3n) is 3.80. The van der Waals surface area contributed by atoms with Gasteiger partial charge < -0.3 is 4.74 Å². The van der Waals surface area contributed by atoms with Gasteiger partial charge in [0.1, 0.15) is 5.75 Å². The summed E-state index contributed by atoms with van der Waals surface area (Å²) < 4.78 is 32.7. The first-order valence-electron chi connectivity index (χ1n) is 7.86. The third kappa shape index (κ3) is 4.39. The molecule has 128 valence electrons. The number of anilines is 1. The van der Waals surface area contributed by atoms with E-state index >= 15 is 0 Å². The number of benzene rings is 3. The second kappa shape index (κ2) is 7.40. The first-order valence-corrected chi connectivity index (χ1v) is 9.35. The number of methoxy groups -OCH3 is 1. The molecule has 0 atom stereocenters. The fraction of sp³-hybridized carbons (Fsp3) is 0.100.